The normalized spacial score (nSPS) is 10.9. The minimum absolute atomic E-state index is 0. The van der Waals surface area contributed by atoms with Crippen molar-refractivity contribution in [3.8, 4) is 0 Å². The summed E-state index contributed by atoms with van der Waals surface area (Å²) in [5.74, 6) is 0.853. The van der Waals surface area contributed by atoms with E-state index in [2.05, 4.69) is 63.6 Å². The van der Waals surface area contributed by atoms with Gasteiger partial charge in [0.1, 0.15) is 0 Å². The summed E-state index contributed by atoms with van der Waals surface area (Å²) >= 11 is 1.72. The zero-order valence-electron chi connectivity index (χ0n) is 13.1. The van der Waals surface area contributed by atoms with Crippen LogP contribution in [-0.2, 0) is 19.4 Å². The van der Waals surface area contributed by atoms with E-state index in [-0.39, 0.29) is 24.0 Å². The average Bonchev–Trinajstić information content (AvgIpc) is 3.04. The average molecular weight is 429 g/mol. The molecule has 0 saturated carbocycles. The lowest BCUT2D eigenvalue weighted by Crippen LogP contribution is -2.37. The van der Waals surface area contributed by atoms with Crippen LogP contribution < -0.4 is 10.6 Å². The summed E-state index contributed by atoms with van der Waals surface area (Å²) in [7, 11) is 1.80. The van der Waals surface area contributed by atoms with Crippen LogP contribution >= 0.6 is 35.3 Å². The number of thiophene rings is 1. The number of halogens is 1. The molecule has 2 N–H and O–H groups in total. The third-order valence-corrected chi connectivity index (χ3v) is 4.13. The second-order valence-electron chi connectivity index (χ2n) is 4.90. The van der Waals surface area contributed by atoms with E-state index >= 15 is 0 Å². The van der Waals surface area contributed by atoms with Gasteiger partial charge in [-0.05, 0) is 46.4 Å². The van der Waals surface area contributed by atoms with Crippen LogP contribution in [0.4, 0.5) is 0 Å². The van der Waals surface area contributed by atoms with E-state index in [0.29, 0.717) is 0 Å². The highest BCUT2D eigenvalue weighted by atomic mass is 127. The molecule has 0 aliphatic heterocycles. The van der Waals surface area contributed by atoms with Gasteiger partial charge in [-0.3, -0.25) is 4.99 Å². The fraction of sp³-hybridized carbons (Fsp3) is 0.353. The Bertz CT molecular complexity index is 550. The van der Waals surface area contributed by atoms with Crippen LogP contribution in [0.1, 0.15) is 23.6 Å². The van der Waals surface area contributed by atoms with Crippen LogP contribution in [0.15, 0.2) is 46.1 Å². The predicted molar refractivity (Wildman–Crippen MR) is 107 cm³/mol. The Labute approximate surface area is 154 Å². The molecule has 3 nitrogen and oxygen atoms in total. The first-order valence-electron chi connectivity index (χ1n) is 7.35. The highest BCUT2D eigenvalue weighted by Gasteiger charge is 1.99. The van der Waals surface area contributed by atoms with Crippen LogP contribution in [0.5, 0.6) is 0 Å². The van der Waals surface area contributed by atoms with Gasteiger partial charge in [0.15, 0.2) is 5.96 Å². The number of benzene rings is 1. The third-order valence-electron chi connectivity index (χ3n) is 3.40. The van der Waals surface area contributed by atoms with Gasteiger partial charge >= 0.3 is 0 Å². The van der Waals surface area contributed by atoms with E-state index < -0.39 is 0 Å². The highest BCUT2D eigenvalue weighted by molar-refractivity contribution is 14.0. The third kappa shape index (κ3) is 6.36. The van der Waals surface area contributed by atoms with Gasteiger partial charge in [-0.2, -0.15) is 11.3 Å². The van der Waals surface area contributed by atoms with Gasteiger partial charge < -0.3 is 10.6 Å². The molecule has 1 heterocycles. The maximum Gasteiger partial charge on any atom is 0.191 e. The van der Waals surface area contributed by atoms with Gasteiger partial charge in [0.05, 0.1) is 0 Å². The summed E-state index contributed by atoms with van der Waals surface area (Å²) < 4.78 is 0. The molecular formula is C17H24IN3S. The van der Waals surface area contributed by atoms with Crippen LogP contribution in [-0.4, -0.2) is 19.6 Å². The summed E-state index contributed by atoms with van der Waals surface area (Å²) in [5.41, 5.74) is 4.03. The summed E-state index contributed by atoms with van der Waals surface area (Å²) in [5, 5.41) is 10.9. The van der Waals surface area contributed by atoms with Gasteiger partial charge in [0, 0.05) is 20.1 Å². The molecule has 1 aromatic carbocycles. The molecule has 0 atom stereocenters. The molecule has 0 radical (unpaired) electrons. The monoisotopic (exact) mass is 429 g/mol. The Morgan fingerprint density at radius 3 is 2.36 bits per heavy atom. The van der Waals surface area contributed by atoms with Crippen LogP contribution in [0.3, 0.4) is 0 Å². The Morgan fingerprint density at radius 2 is 1.77 bits per heavy atom. The first-order chi connectivity index (χ1) is 10.3. The quantitative estimate of drug-likeness (QED) is 0.416. The zero-order valence-corrected chi connectivity index (χ0v) is 16.3. The van der Waals surface area contributed by atoms with Crippen molar-refractivity contribution in [2.24, 2.45) is 4.99 Å². The molecule has 0 aliphatic rings. The standard InChI is InChI=1S/C17H23N3S.HI/c1-3-14-4-6-15(7-5-14)8-10-19-17(18-2)20-12-16-9-11-21-13-16;/h4-7,9,11,13H,3,8,10,12H2,1-2H3,(H2,18,19,20);1H. The molecule has 0 saturated heterocycles. The van der Waals surface area contributed by atoms with Gasteiger partial charge in [0.25, 0.3) is 0 Å². The number of guanidine groups is 1. The summed E-state index contributed by atoms with van der Waals surface area (Å²) in [6, 6.07) is 11.0. The first kappa shape index (κ1) is 19.0. The van der Waals surface area contributed by atoms with Crippen molar-refractivity contribution in [3.63, 3.8) is 0 Å². The number of rotatable bonds is 6. The number of aryl methyl sites for hydroxylation is 1. The Kier molecular flexibility index (Phi) is 9.15. The molecule has 5 heteroatoms. The number of nitrogens with one attached hydrogen (secondary N) is 2. The van der Waals surface area contributed by atoms with Crippen LogP contribution in [0.2, 0.25) is 0 Å². The van der Waals surface area contributed by atoms with Crippen LogP contribution in [0, 0.1) is 0 Å². The second kappa shape index (κ2) is 10.6. The Morgan fingerprint density at radius 1 is 1.05 bits per heavy atom. The topological polar surface area (TPSA) is 36.4 Å². The minimum Gasteiger partial charge on any atom is -0.356 e. The van der Waals surface area contributed by atoms with E-state index in [0.717, 1.165) is 31.9 Å². The molecule has 0 bridgehead atoms. The molecule has 22 heavy (non-hydrogen) atoms. The van der Waals surface area contributed by atoms with Crippen molar-refractivity contribution in [1.82, 2.24) is 10.6 Å². The number of hydrogen-bond acceptors (Lipinski definition) is 2. The van der Waals surface area contributed by atoms with Crippen molar-refractivity contribution >= 4 is 41.3 Å². The summed E-state index contributed by atoms with van der Waals surface area (Å²) in [6.45, 7) is 3.88. The minimum atomic E-state index is 0. The molecule has 2 rings (SSSR count). The number of aliphatic imine (C=N–C) groups is 1. The molecule has 120 valence electrons. The van der Waals surface area contributed by atoms with Crippen molar-refractivity contribution < 1.29 is 0 Å². The summed E-state index contributed by atoms with van der Waals surface area (Å²) in [4.78, 5) is 4.24. The lowest BCUT2D eigenvalue weighted by molar-refractivity contribution is 0.795. The molecule has 2 aromatic rings. The van der Waals surface area contributed by atoms with E-state index in [1.807, 2.05) is 0 Å². The Hall–Kier alpha value is -1.08. The van der Waals surface area contributed by atoms with E-state index in [1.165, 1.54) is 16.7 Å². The van der Waals surface area contributed by atoms with Gasteiger partial charge in [-0.25, -0.2) is 0 Å². The molecular weight excluding hydrogens is 405 g/mol. The van der Waals surface area contributed by atoms with E-state index in [9.17, 15) is 0 Å². The fourth-order valence-electron chi connectivity index (χ4n) is 2.07. The van der Waals surface area contributed by atoms with Gasteiger partial charge in [-0.1, -0.05) is 31.2 Å². The lowest BCUT2D eigenvalue weighted by Gasteiger charge is -2.11. The summed E-state index contributed by atoms with van der Waals surface area (Å²) in [6.07, 6.45) is 2.10. The van der Waals surface area contributed by atoms with Crippen molar-refractivity contribution in [2.75, 3.05) is 13.6 Å². The number of hydrogen-bond donors (Lipinski definition) is 2. The fourth-order valence-corrected chi connectivity index (χ4v) is 2.74. The zero-order chi connectivity index (χ0) is 14.9. The molecule has 0 aliphatic carbocycles. The SMILES string of the molecule is CCc1ccc(CCNC(=NC)NCc2ccsc2)cc1.I. The van der Waals surface area contributed by atoms with Crippen LogP contribution in [0.25, 0.3) is 0 Å². The van der Waals surface area contributed by atoms with Gasteiger partial charge in [-0.15, -0.1) is 24.0 Å². The maximum absolute atomic E-state index is 4.24. The van der Waals surface area contributed by atoms with Crippen molar-refractivity contribution in [3.05, 3.63) is 57.8 Å². The Balaban J connectivity index is 0.00000242. The molecule has 0 amide bonds. The van der Waals surface area contributed by atoms with Crippen molar-refractivity contribution in [1.29, 1.82) is 0 Å². The lowest BCUT2D eigenvalue weighted by atomic mass is 10.1. The van der Waals surface area contributed by atoms with E-state index in [1.54, 1.807) is 18.4 Å². The first-order valence-corrected chi connectivity index (χ1v) is 8.29. The number of nitrogens with zero attached hydrogens (tertiary/aromatic N) is 1. The molecule has 1 aromatic heterocycles. The highest BCUT2D eigenvalue weighted by Crippen LogP contribution is 2.06. The van der Waals surface area contributed by atoms with Gasteiger partial charge in [0.2, 0.25) is 0 Å². The smallest absolute Gasteiger partial charge is 0.191 e. The largest absolute Gasteiger partial charge is 0.356 e. The van der Waals surface area contributed by atoms with E-state index in [4.69, 9.17) is 0 Å². The molecule has 0 spiro atoms. The maximum atomic E-state index is 4.24. The molecule has 0 unspecified atom stereocenters. The second-order valence-corrected chi connectivity index (χ2v) is 5.68. The predicted octanol–water partition coefficient (Wildman–Crippen LogP) is 3.84. The molecule has 0 fully saturated rings. The van der Waals surface area contributed by atoms with Crippen molar-refractivity contribution in [2.45, 2.75) is 26.3 Å².